The lowest BCUT2D eigenvalue weighted by Gasteiger charge is -2.33. The Hall–Kier alpha value is -1.08. The Kier molecular flexibility index (Phi) is 3.90. The minimum absolute atomic E-state index is 0.00354. The molecule has 1 unspecified atom stereocenters. The molecule has 0 aromatic rings. The molecule has 14 heavy (non-hydrogen) atoms. The van der Waals surface area contributed by atoms with Gasteiger partial charge in [-0.15, -0.1) is 0 Å². The van der Waals surface area contributed by atoms with Crippen LogP contribution in [0.4, 0.5) is 0 Å². The van der Waals surface area contributed by atoms with E-state index in [9.17, 15) is 4.79 Å². The monoisotopic (exact) mass is 195 g/mol. The van der Waals surface area contributed by atoms with Crippen molar-refractivity contribution in [2.45, 2.75) is 32.2 Å². The third kappa shape index (κ3) is 2.46. The van der Waals surface area contributed by atoms with E-state index in [-0.39, 0.29) is 17.9 Å². The number of hydrogen-bond donors (Lipinski definition) is 1. The highest BCUT2D eigenvalue weighted by Gasteiger charge is 2.26. The number of nitrogens with two attached hydrogens (primary N) is 1. The summed E-state index contributed by atoms with van der Waals surface area (Å²) in [6.07, 6.45) is 2.44. The van der Waals surface area contributed by atoms with Crippen molar-refractivity contribution in [1.29, 1.82) is 5.26 Å². The van der Waals surface area contributed by atoms with Gasteiger partial charge in [-0.3, -0.25) is 9.69 Å². The fourth-order valence-corrected chi connectivity index (χ4v) is 1.93. The van der Waals surface area contributed by atoms with Crippen LogP contribution in [0.5, 0.6) is 0 Å². The summed E-state index contributed by atoms with van der Waals surface area (Å²) in [5.41, 5.74) is 5.23. The fourth-order valence-electron chi connectivity index (χ4n) is 1.93. The van der Waals surface area contributed by atoms with Crippen LogP contribution in [0.3, 0.4) is 0 Å². The summed E-state index contributed by atoms with van der Waals surface area (Å²) in [5, 5.41) is 8.87. The summed E-state index contributed by atoms with van der Waals surface area (Å²) in [7, 11) is 0. The molecule has 0 aromatic carbocycles. The molecule has 4 nitrogen and oxygen atoms in total. The summed E-state index contributed by atoms with van der Waals surface area (Å²) < 4.78 is 0. The third-order valence-corrected chi connectivity index (χ3v) is 2.91. The number of amides is 1. The predicted octanol–water partition coefficient (Wildman–Crippen LogP) is 0.486. The van der Waals surface area contributed by atoms with Crippen molar-refractivity contribution >= 4 is 5.91 Å². The van der Waals surface area contributed by atoms with E-state index in [0.29, 0.717) is 0 Å². The SMILES string of the molecule is CCC(C#N)N1CCC(C(N)=O)CC1. The number of piperidine rings is 1. The highest BCUT2D eigenvalue weighted by molar-refractivity contribution is 5.76. The maximum absolute atomic E-state index is 10.9. The molecular formula is C10H17N3O. The summed E-state index contributed by atoms with van der Waals surface area (Å²) in [4.78, 5) is 13.0. The molecule has 1 saturated heterocycles. The number of carbonyl (C=O) groups excluding carboxylic acids is 1. The van der Waals surface area contributed by atoms with Crippen molar-refractivity contribution in [2.75, 3.05) is 13.1 Å². The van der Waals surface area contributed by atoms with Crippen LogP contribution in [0.2, 0.25) is 0 Å². The lowest BCUT2D eigenvalue weighted by molar-refractivity contribution is -0.123. The van der Waals surface area contributed by atoms with Gasteiger partial charge in [0.15, 0.2) is 0 Å². The molecule has 1 amide bonds. The van der Waals surface area contributed by atoms with Gasteiger partial charge in [-0.2, -0.15) is 5.26 Å². The number of primary amides is 1. The number of rotatable bonds is 3. The highest BCUT2D eigenvalue weighted by Crippen LogP contribution is 2.19. The molecule has 0 saturated carbocycles. The summed E-state index contributed by atoms with van der Waals surface area (Å²) in [6, 6.07) is 2.28. The zero-order valence-electron chi connectivity index (χ0n) is 8.57. The molecule has 0 bridgehead atoms. The molecule has 0 spiro atoms. The number of nitrogens with zero attached hydrogens (tertiary/aromatic N) is 2. The van der Waals surface area contributed by atoms with Gasteiger partial charge in [-0.25, -0.2) is 0 Å². The van der Waals surface area contributed by atoms with Crippen LogP contribution in [0.1, 0.15) is 26.2 Å². The van der Waals surface area contributed by atoms with E-state index in [1.807, 2.05) is 6.92 Å². The van der Waals surface area contributed by atoms with Crippen molar-refractivity contribution in [3.8, 4) is 6.07 Å². The van der Waals surface area contributed by atoms with Crippen LogP contribution in [0, 0.1) is 17.2 Å². The van der Waals surface area contributed by atoms with Crippen LogP contribution in [-0.2, 0) is 4.79 Å². The van der Waals surface area contributed by atoms with Crippen molar-refractivity contribution < 1.29 is 4.79 Å². The number of nitriles is 1. The largest absolute Gasteiger partial charge is 0.369 e. The lowest BCUT2D eigenvalue weighted by atomic mass is 9.95. The highest BCUT2D eigenvalue weighted by atomic mass is 16.1. The van der Waals surface area contributed by atoms with E-state index in [0.717, 1.165) is 32.4 Å². The van der Waals surface area contributed by atoms with Gasteiger partial charge in [0.25, 0.3) is 0 Å². The predicted molar refractivity (Wildman–Crippen MR) is 53.2 cm³/mol. The Morgan fingerprint density at radius 2 is 2.21 bits per heavy atom. The van der Waals surface area contributed by atoms with E-state index < -0.39 is 0 Å². The van der Waals surface area contributed by atoms with Crippen LogP contribution >= 0.6 is 0 Å². The van der Waals surface area contributed by atoms with Crippen molar-refractivity contribution in [3.63, 3.8) is 0 Å². The first-order valence-corrected chi connectivity index (χ1v) is 5.12. The minimum Gasteiger partial charge on any atom is -0.369 e. The van der Waals surface area contributed by atoms with Gasteiger partial charge in [-0.1, -0.05) is 6.92 Å². The third-order valence-electron chi connectivity index (χ3n) is 2.91. The Morgan fingerprint density at radius 1 is 1.64 bits per heavy atom. The summed E-state index contributed by atoms with van der Waals surface area (Å²) >= 11 is 0. The molecule has 2 N–H and O–H groups in total. The molecule has 1 aliphatic heterocycles. The van der Waals surface area contributed by atoms with Crippen LogP contribution in [0.25, 0.3) is 0 Å². The molecule has 1 aliphatic rings. The molecule has 0 aliphatic carbocycles. The standard InChI is InChI=1S/C10H17N3O/c1-2-9(7-11)13-5-3-8(4-6-13)10(12)14/h8-9H,2-6H2,1H3,(H2,12,14). The molecule has 1 rings (SSSR count). The van der Waals surface area contributed by atoms with Crippen LogP contribution in [-0.4, -0.2) is 29.9 Å². The first-order chi connectivity index (χ1) is 6.69. The second-order valence-electron chi connectivity index (χ2n) is 3.77. The lowest BCUT2D eigenvalue weighted by Crippen LogP contribution is -2.43. The van der Waals surface area contributed by atoms with Gasteiger partial charge in [-0.05, 0) is 19.3 Å². The minimum atomic E-state index is -0.199. The summed E-state index contributed by atoms with van der Waals surface area (Å²) in [6.45, 7) is 3.65. The van der Waals surface area contributed by atoms with Crippen molar-refractivity contribution in [2.24, 2.45) is 11.7 Å². The van der Waals surface area contributed by atoms with Gasteiger partial charge in [0.2, 0.25) is 5.91 Å². The average molecular weight is 195 g/mol. The topological polar surface area (TPSA) is 70.1 Å². The first-order valence-electron chi connectivity index (χ1n) is 5.12. The Morgan fingerprint density at radius 3 is 2.57 bits per heavy atom. The Labute approximate surface area is 84.7 Å². The zero-order chi connectivity index (χ0) is 10.6. The first kappa shape index (κ1) is 11.0. The van der Waals surface area contributed by atoms with Crippen LogP contribution < -0.4 is 5.73 Å². The van der Waals surface area contributed by atoms with E-state index >= 15 is 0 Å². The molecule has 1 heterocycles. The molecule has 0 radical (unpaired) electrons. The van der Waals surface area contributed by atoms with E-state index in [2.05, 4.69) is 11.0 Å². The maximum Gasteiger partial charge on any atom is 0.220 e. The second kappa shape index (κ2) is 4.97. The number of likely N-dealkylation sites (tertiary alicyclic amines) is 1. The van der Waals surface area contributed by atoms with Gasteiger partial charge in [0.1, 0.15) is 0 Å². The number of carbonyl (C=O) groups is 1. The summed E-state index contributed by atoms with van der Waals surface area (Å²) in [5.74, 6) is -0.183. The van der Waals surface area contributed by atoms with Crippen LogP contribution in [0.15, 0.2) is 0 Å². The molecular weight excluding hydrogens is 178 g/mol. The normalized spacial score (nSPS) is 21.4. The van der Waals surface area contributed by atoms with Gasteiger partial charge < -0.3 is 5.73 Å². The van der Waals surface area contributed by atoms with E-state index in [1.54, 1.807) is 0 Å². The van der Waals surface area contributed by atoms with Crippen molar-refractivity contribution in [1.82, 2.24) is 4.90 Å². The van der Waals surface area contributed by atoms with Gasteiger partial charge in [0.05, 0.1) is 12.1 Å². The van der Waals surface area contributed by atoms with E-state index in [1.165, 1.54) is 0 Å². The van der Waals surface area contributed by atoms with Crippen molar-refractivity contribution in [3.05, 3.63) is 0 Å². The Balaban J connectivity index is 2.43. The van der Waals surface area contributed by atoms with E-state index in [4.69, 9.17) is 11.0 Å². The Bertz CT molecular complexity index is 238. The second-order valence-corrected chi connectivity index (χ2v) is 3.77. The number of hydrogen-bond acceptors (Lipinski definition) is 3. The van der Waals surface area contributed by atoms with Gasteiger partial charge in [0, 0.05) is 19.0 Å². The molecule has 1 atom stereocenters. The molecule has 1 fully saturated rings. The molecule has 0 aromatic heterocycles. The quantitative estimate of drug-likeness (QED) is 0.712. The maximum atomic E-state index is 10.9. The van der Waals surface area contributed by atoms with Gasteiger partial charge >= 0.3 is 0 Å². The zero-order valence-corrected chi connectivity index (χ0v) is 8.57. The smallest absolute Gasteiger partial charge is 0.220 e. The molecule has 4 heteroatoms. The average Bonchev–Trinajstić information content (AvgIpc) is 2.20. The fraction of sp³-hybridized carbons (Fsp3) is 0.800. The molecule has 78 valence electrons.